The zero-order chi connectivity index (χ0) is 16.6. The van der Waals surface area contributed by atoms with Crippen molar-refractivity contribution >= 4 is 5.91 Å². The van der Waals surface area contributed by atoms with Gasteiger partial charge in [-0.2, -0.15) is 0 Å². The second-order valence-corrected chi connectivity index (χ2v) is 7.84. The Kier molecular flexibility index (Phi) is 4.35. The predicted molar refractivity (Wildman–Crippen MR) is 95.9 cm³/mol. The number of nitrogens with one attached hydrogen (secondary N) is 1. The van der Waals surface area contributed by atoms with Crippen LogP contribution in [0.1, 0.15) is 60.0 Å². The normalized spacial score (nSPS) is 25.7. The fourth-order valence-electron chi connectivity index (χ4n) is 4.89. The maximum atomic E-state index is 13.3. The lowest BCUT2D eigenvalue weighted by molar-refractivity contribution is -0.00877. The second-order valence-electron chi connectivity index (χ2n) is 7.84. The van der Waals surface area contributed by atoms with Gasteiger partial charge in [-0.3, -0.25) is 4.79 Å². The van der Waals surface area contributed by atoms with E-state index in [1.807, 2.05) is 6.07 Å². The average molecular weight is 327 g/mol. The molecule has 0 radical (unpaired) electrons. The molecule has 2 heterocycles. The van der Waals surface area contributed by atoms with Gasteiger partial charge in [0.1, 0.15) is 0 Å². The van der Waals surface area contributed by atoms with Gasteiger partial charge in [0.05, 0.1) is 0 Å². The largest absolute Gasteiger partial charge is 0.335 e. The highest BCUT2D eigenvalue weighted by Crippen LogP contribution is 2.47. The maximum absolute atomic E-state index is 13.3. The number of nitrogens with zero attached hydrogens (tertiary/aromatic N) is 1. The van der Waals surface area contributed by atoms with Crippen LogP contribution in [0.15, 0.2) is 18.2 Å². The summed E-state index contributed by atoms with van der Waals surface area (Å²) in [6.45, 7) is 3.52. The highest BCUT2D eigenvalue weighted by atomic mass is 16.2. The summed E-state index contributed by atoms with van der Waals surface area (Å²) in [5.41, 5.74) is 9.87. The van der Waals surface area contributed by atoms with Gasteiger partial charge in [0, 0.05) is 30.1 Å². The Balaban J connectivity index is 1.60. The Hall–Kier alpha value is -1.39. The molecule has 1 amide bonds. The van der Waals surface area contributed by atoms with E-state index in [1.165, 1.54) is 36.8 Å². The number of benzene rings is 1. The number of carbonyl (C=O) groups is 1. The summed E-state index contributed by atoms with van der Waals surface area (Å²) in [7, 11) is 0. The number of piperidine rings is 1. The molecule has 1 saturated heterocycles. The third kappa shape index (κ3) is 2.66. The van der Waals surface area contributed by atoms with Crippen LogP contribution in [0.2, 0.25) is 0 Å². The van der Waals surface area contributed by atoms with Gasteiger partial charge in [0.2, 0.25) is 0 Å². The van der Waals surface area contributed by atoms with Crippen molar-refractivity contribution in [1.82, 2.24) is 10.2 Å². The number of fused-ring (bicyclic) bond motifs is 1. The minimum Gasteiger partial charge on any atom is -0.335 e. The molecule has 1 aliphatic carbocycles. The molecular formula is C20H29N3O. The first-order chi connectivity index (χ1) is 11.7. The molecule has 0 spiro atoms. The highest BCUT2D eigenvalue weighted by Gasteiger charge is 2.47. The van der Waals surface area contributed by atoms with Gasteiger partial charge in [-0.1, -0.05) is 12.5 Å². The van der Waals surface area contributed by atoms with Crippen LogP contribution < -0.4 is 11.1 Å². The van der Waals surface area contributed by atoms with Crippen molar-refractivity contribution in [1.29, 1.82) is 0 Å². The van der Waals surface area contributed by atoms with Gasteiger partial charge in [-0.05, 0) is 74.9 Å². The van der Waals surface area contributed by atoms with E-state index in [4.69, 9.17) is 5.73 Å². The number of likely N-dealkylation sites (tertiary alicyclic amines) is 1. The van der Waals surface area contributed by atoms with Gasteiger partial charge < -0.3 is 16.0 Å². The molecule has 1 aromatic rings. The third-order valence-electron chi connectivity index (χ3n) is 6.57. The molecule has 0 bridgehead atoms. The number of hydrogen-bond acceptors (Lipinski definition) is 3. The van der Waals surface area contributed by atoms with Crippen LogP contribution in [0, 0.1) is 5.41 Å². The molecule has 4 heteroatoms. The summed E-state index contributed by atoms with van der Waals surface area (Å²) in [6, 6.07) is 6.65. The number of rotatable bonds is 3. The molecule has 3 N–H and O–H groups in total. The Bertz CT molecular complexity index is 618. The van der Waals surface area contributed by atoms with Crippen LogP contribution in [0.3, 0.4) is 0 Å². The second kappa shape index (κ2) is 6.49. The van der Waals surface area contributed by atoms with E-state index in [0.29, 0.717) is 6.04 Å². The fourth-order valence-corrected chi connectivity index (χ4v) is 4.89. The zero-order valence-electron chi connectivity index (χ0n) is 14.5. The van der Waals surface area contributed by atoms with Crippen LogP contribution in [0.4, 0.5) is 0 Å². The number of hydrogen-bond donors (Lipinski definition) is 2. The summed E-state index contributed by atoms with van der Waals surface area (Å²) in [4.78, 5) is 15.4. The lowest BCUT2D eigenvalue weighted by Crippen LogP contribution is -2.58. The van der Waals surface area contributed by atoms with Crippen molar-refractivity contribution in [3.05, 3.63) is 34.9 Å². The van der Waals surface area contributed by atoms with Crippen molar-refractivity contribution in [2.45, 2.75) is 57.5 Å². The minimum absolute atomic E-state index is 0.186. The third-order valence-corrected chi connectivity index (χ3v) is 6.57. The molecule has 130 valence electrons. The zero-order valence-corrected chi connectivity index (χ0v) is 14.5. The summed E-state index contributed by atoms with van der Waals surface area (Å²) in [5.74, 6) is 0.216. The van der Waals surface area contributed by atoms with Crippen molar-refractivity contribution in [3.8, 4) is 0 Å². The summed E-state index contributed by atoms with van der Waals surface area (Å²) >= 11 is 0. The van der Waals surface area contributed by atoms with Gasteiger partial charge in [-0.25, -0.2) is 0 Å². The van der Waals surface area contributed by atoms with Crippen molar-refractivity contribution < 1.29 is 4.79 Å². The molecule has 1 saturated carbocycles. The summed E-state index contributed by atoms with van der Waals surface area (Å²) < 4.78 is 0. The van der Waals surface area contributed by atoms with E-state index in [-0.39, 0.29) is 11.3 Å². The minimum atomic E-state index is 0.186. The standard InChI is InChI=1S/C20H29N3O/c21-14-20(8-3-9-20)18-4-1-2-11-23(18)19(24)16-6-5-15-7-10-22-13-17(15)12-16/h5-6,12,18,22H,1-4,7-11,13-14,21H2. The molecular weight excluding hydrogens is 298 g/mol. The molecule has 4 rings (SSSR count). The van der Waals surface area contributed by atoms with Gasteiger partial charge in [0.25, 0.3) is 5.91 Å². The van der Waals surface area contributed by atoms with Crippen molar-refractivity contribution in [2.24, 2.45) is 11.1 Å². The molecule has 4 nitrogen and oxygen atoms in total. The van der Waals surface area contributed by atoms with E-state index in [1.54, 1.807) is 0 Å². The number of carbonyl (C=O) groups excluding carboxylic acids is 1. The highest BCUT2D eigenvalue weighted by molar-refractivity contribution is 5.95. The Morgan fingerprint density at radius 1 is 1.25 bits per heavy atom. The fraction of sp³-hybridized carbons (Fsp3) is 0.650. The quantitative estimate of drug-likeness (QED) is 0.896. The first kappa shape index (κ1) is 16.1. The van der Waals surface area contributed by atoms with Gasteiger partial charge in [-0.15, -0.1) is 0 Å². The molecule has 1 atom stereocenters. The molecule has 2 aliphatic heterocycles. The summed E-state index contributed by atoms with van der Waals surface area (Å²) in [6.07, 6.45) is 8.17. The van der Waals surface area contributed by atoms with E-state index in [2.05, 4.69) is 22.3 Å². The SMILES string of the molecule is NCC1(C2CCCCN2C(=O)c2ccc3c(c2)CNCC3)CCC1. The topological polar surface area (TPSA) is 58.4 Å². The number of nitrogens with two attached hydrogens (primary N) is 1. The predicted octanol–water partition coefficient (Wildman–Crippen LogP) is 2.46. The van der Waals surface area contributed by atoms with E-state index in [9.17, 15) is 4.79 Å². The van der Waals surface area contributed by atoms with Crippen LogP contribution >= 0.6 is 0 Å². The molecule has 1 unspecified atom stereocenters. The first-order valence-electron chi connectivity index (χ1n) is 9.57. The van der Waals surface area contributed by atoms with Gasteiger partial charge >= 0.3 is 0 Å². The molecule has 1 aromatic carbocycles. The molecule has 3 aliphatic rings. The van der Waals surface area contributed by atoms with Crippen LogP contribution in [0.25, 0.3) is 0 Å². The van der Waals surface area contributed by atoms with Crippen LogP contribution in [-0.2, 0) is 13.0 Å². The first-order valence-corrected chi connectivity index (χ1v) is 9.57. The lowest BCUT2D eigenvalue weighted by atomic mass is 9.61. The molecule has 2 fully saturated rings. The summed E-state index contributed by atoms with van der Waals surface area (Å²) in [5, 5.41) is 3.41. The smallest absolute Gasteiger partial charge is 0.254 e. The van der Waals surface area contributed by atoms with Crippen molar-refractivity contribution in [3.63, 3.8) is 0 Å². The maximum Gasteiger partial charge on any atom is 0.254 e. The van der Waals surface area contributed by atoms with E-state index >= 15 is 0 Å². The molecule has 0 aromatic heterocycles. The number of amides is 1. The Morgan fingerprint density at radius 3 is 2.88 bits per heavy atom. The van der Waals surface area contributed by atoms with E-state index < -0.39 is 0 Å². The van der Waals surface area contributed by atoms with Gasteiger partial charge in [0.15, 0.2) is 0 Å². The van der Waals surface area contributed by atoms with Crippen LogP contribution in [-0.4, -0.2) is 36.5 Å². The van der Waals surface area contributed by atoms with E-state index in [0.717, 1.165) is 51.0 Å². The Labute approximate surface area is 144 Å². The Morgan fingerprint density at radius 2 is 2.12 bits per heavy atom. The molecule has 24 heavy (non-hydrogen) atoms. The average Bonchev–Trinajstić information content (AvgIpc) is 2.61. The van der Waals surface area contributed by atoms with Crippen molar-refractivity contribution in [2.75, 3.05) is 19.6 Å². The van der Waals surface area contributed by atoms with Crippen LogP contribution in [0.5, 0.6) is 0 Å². The monoisotopic (exact) mass is 327 g/mol. The lowest BCUT2D eigenvalue weighted by Gasteiger charge is -2.53.